The first kappa shape index (κ1) is 12.3. The maximum Gasteiger partial charge on any atom is 0.193 e. The second kappa shape index (κ2) is 6.55. The maximum atomic E-state index is 5.86. The molecule has 1 aromatic rings. The van der Waals surface area contributed by atoms with Crippen LogP contribution < -0.4 is 11.1 Å². The zero-order chi connectivity index (χ0) is 11.9. The highest BCUT2D eigenvalue weighted by atomic mass is 32.2. The molecule has 3 nitrogen and oxygen atoms in total. The number of para-hydroxylation sites is 1. The van der Waals surface area contributed by atoms with Gasteiger partial charge < -0.3 is 11.1 Å². The van der Waals surface area contributed by atoms with E-state index in [1.165, 1.54) is 24.3 Å². The van der Waals surface area contributed by atoms with Crippen molar-refractivity contribution in [2.24, 2.45) is 16.6 Å². The summed E-state index contributed by atoms with van der Waals surface area (Å²) in [5.74, 6) is 3.78. The highest BCUT2D eigenvalue weighted by Crippen LogP contribution is 2.22. The SMILES string of the molecule is NC(=NCC1CCSCC1)Nc1ccccc1. The second-order valence-electron chi connectivity index (χ2n) is 4.27. The number of aliphatic imine (C=N–C) groups is 1. The summed E-state index contributed by atoms with van der Waals surface area (Å²) in [5.41, 5.74) is 6.85. The van der Waals surface area contributed by atoms with E-state index in [2.05, 4.69) is 10.3 Å². The molecule has 4 heteroatoms. The van der Waals surface area contributed by atoms with Crippen LogP contribution in [0, 0.1) is 5.92 Å². The van der Waals surface area contributed by atoms with Gasteiger partial charge in [-0.05, 0) is 42.4 Å². The lowest BCUT2D eigenvalue weighted by molar-refractivity contribution is 0.503. The molecule has 0 unspecified atom stereocenters. The first-order chi connectivity index (χ1) is 8.34. The van der Waals surface area contributed by atoms with Crippen LogP contribution in [0.5, 0.6) is 0 Å². The van der Waals surface area contributed by atoms with E-state index in [4.69, 9.17) is 5.73 Å². The Hall–Kier alpha value is -1.16. The van der Waals surface area contributed by atoms with Crippen molar-refractivity contribution in [2.45, 2.75) is 12.8 Å². The first-order valence-electron chi connectivity index (χ1n) is 6.04. The van der Waals surface area contributed by atoms with Crippen LogP contribution in [0.25, 0.3) is 0 Å². The molecule has 0 aromatic heterocycles. The Balaban J connectivity index is 1.80. The van der Waals surface area contributed by atoms with Crippen molar-refractivity contribution in [3.8, 4) is 0 Å². The first-order valence-corrected chi connectivity index (χ1v) is 7.20. The van der Waals surface area contributed by atoms with Crippen molar-refractivity contribution in [3.05, 3.63) is 30.3 Å². The molecule has 1 aliphatic heterocycles. The van der Waals surface area contributed by atoms with Gasteiger partial charge in [0, 0.05) is 12.2 Å². The van der Waals surface area contributed by atoms with Gasteiger partial charge in [0.25, 0.3) is 0 Å². The summed E-state index contributed by atoms with van der Waals surface area (Å²) in [7, 11) is 0. The minimum atomic E-state index is 0.523. The molecule has 3 N–H and O–H groups in total. The quantitative estimate of drug-likeness (QED) is 0.639. The van der Waals surface area contributed by atoms with E-state index in [1.54, 1.807) is 0 Å². The van der Waals surface area contributed by atoms with Crippen LogP contribution in [0.3, 0.4) is 0 Å². The third-order valence-corrected chi connectivity index (χ3v) is 3.96. The summed E-state index contributed by atoms with van der Waals surface area (Å²) in [6, 6.07) is 9.92. The van der Waals surface area contributed by atoms with Gasteiger partial charge in [-0.2, -0.15) is 11.8 Å². The average Bonchev–Trinajstić information content (AvgIpc) is 2.39. The van der Waals surface area contributed by atoms with Crippen LogP contribution in [0.4, 0.5) is 5.69 Å². The third kappa shape index (κ3) is 4.30. The Morgan fingerprint density at radius 1 is 1.29 bits per heavy atom. The summed E-state index contributed by atoms with van der Waals surface area (Å²) >= 11 is 2.04. The molecule has 1 heterocycles. The van der Waals surface area contributed by atoms with E-state index in [0.29, 0.717) is 11.9 Å². The average molecular weight is 249 g/mol. The Labute approximate surface area is 107 Å². The highest BCUT2D eigenvalue weighted by Gasteiger charge is 2.12. The van der Waals surface area contributed by atoms with Gasteiger partial charge in [0.05, 0.1) is 0 Å². The molecule has 0 aliphatic carbocycles. The summed E-state index contributed by atoms with van der Waals surface area (Å²) in [4.78, 5) is 4.42. The molecular weight excluding hydrogens is 230 g/mol. The molecule has 1 saturated heterocycles. The molecule has 17 heavy (non-hydrogen) atoms. The normalized spacial score (nSPS) is 18.0. The van der Waals surface area contributed by atoms with Crippen molar-refractivity contribution in [1.29, 1.82) is 0 Å². The predicted molar refractivity (Wildman–Crippen MR) is 76.6 cm³/mol. The summed E-state index contributed by atoms with van der Waals surface area (Å²) in [5, 5.41) is 3.10. The van der Waals surface area contributed by atoms with Gasteiger partial charge in [0.15, 0.2) is 5.96 Å². The zero-order valence-electron chi connectivity index (χ0n) is 9.93. The molecule has 0 saturated carbocycles. The molecule has 0 bridgehead atoms. The lowest BCUT2D eigenvalue weighted by Gasteiger charge is -2.19. The summed E-state index contributed by atoms with van der Waals surface area (Å²) in [6.45, 7) is 0.853. The van der Waals surface area contributed by atoms with Crippen LogP contribution in [0.2, 0.25) is 0 Å². The zero-order valence-corrected chi connectivity index (χ0v) is 10.7. The lowest BCUT2D eigenvalue weighted by Crippen LogP contribution is -2.24. The number of hydrogen-bond acceptors (Lipinski definition) is 2. The number of nitrogens with zero attached hydrogens (tertiary/aromatic N) is 1. The van der Waals surface area contributed by atoms with E-state index >= 15 is 0 Å². The largest absolute Gasteiger partial charge is 0.370 e. The van der Waals surface area contributed by atoms with Crippen molar-refractivity contribution >= 4 is 23.4 Å². The van der Waals surface area contributed by atoms with Gasteiger partial charge in [-0.3, -0.25) is 4.99 Å². The fourth-order valence-corrected chi connectivity index (χ4v) is 3.07. The van der Waals surface area contributed by atoms with Crippen molar-refractivity contribution in [3.63, 3.8) is 0 Å². The van der Waals surface area contributed by atoms with Gasteiger partial charge in [0.1, 0.15) is 0 Å². The minimum Gasteiger partial charge on any atom is -0.370 e. The number of thioether (sulfide) groups is 1. The van der Waals surface area contributed by atoms with Gasteiger partial charge in [-0.25, -0.2) is 0 Å². The number of benzene rings is 1. The second-order valence-corrected chi connectivity index (χ2v) is 5.50. The van der Waals surface area contributed by atoms with Crippen molar-refractivity contribution in [1.82, 2.24) is 0 Å². The molecule has 1 fully saturated rings. The number of nitrogens with one attached hydrogen (secondary N) is 1. The molecular formula is C13H19N3S. The third-order valence-electron chi connectivity index (χ3n) is 2.91. The predicted octanol–water partition coefficient (Wildman–Crippen LogP) is 2.56. The highest BCUT2D eigenvalue weighted by molar-refractivity contribution is 7.99. The van der Waals surface area contributed by atoms with Gasteiger partial charge >= 0.3 is 0 Å². The number of guanidine groups is 1. The molecule has 0 radical (unpaired) electrons. The Morgan fingerprint density at radius 3 is 2.71 bits per heavy atom. The van der Waals surface area contributed by atoms with Crippen molar-refractivity contribution < 1.29 is 0 Å². The van der Waals surface area contributed by atoms with Crippen molar-refractivity contribution in [2.75, 3.05) is 23.4 Å². The molecule has 1 aromatic carbocycles. The van der Waals surface area contributed by atoms with Crippen LogP contribution in [0.1, 0.15) is 12.8 Å². The maximum absolute atomic E-state index is 5.86. The minimum absolute atomic E-state index is 0.523. The Bertz CT molecular complexity index is 358. The van der Waals surface area contributed by atoms with E-state index in [1.807, 2.05) is 42.1 Å². The topological polar surface area (TPSA) is 50.4 Å². The van der Waals surface area contributed by atoms with E-state index in [-0.39, 0.29) is 0 Å². The van der Waals surface area contributed by atoms with Gasteiger partial charge in [-0.1, -0.05) is 18.2 Å². The Kier molecular flexibility index (Phi) is 4.74. The number of nitrogens with two attached hydrogens (primary N) is 1. The number of hydrogen-bond donors (Lipinski definition) is 2. The molecule has 0 amide bonds. The molecule has 0 spiro atoms. The fraction of sp³-hybridized carbons (Fsp3) is 0.462. The van der Waals surface area contributed by atoms with E-state index in [9.17, 15) is 0 Å². The van der Waals surface area contributed by atoms with Crippen LogP contribution >= 0.6 is 11.8 Å². The van der Waals surface area contributed by atoms with Crippen LogP contribution in [-0.2, 0) is 0 Å². The smallest absolute Gasteiger partial charge is 0.193 e. The Morgan fingerprint density at radius 2 is 2.00 bits per heavy atom. The molecule has 1 aliphatic rings. The molecule has 0 atom stereocenters. The van der Waals surface area contributed by atoms with Crippen LogP contribution in [0.15, 0.2) is 35.3 Å². The molecule has 2 rings (SSSR count). The summed E-state index contributed by atoms with van der Waals surface area (Å²) < 4.78 is 0. The van der Waals surface area contributed by atoms with E-state index < -0.39 is 0 Å². The number of anilines is 1. The fourth-order valence-electron chi connectivity index (χ4n) is 1.87. The summed E-state index contributed by atoms with van der Waals surface area (Å²) in [6.07, 6.45) is 2.54. The number of rotatable bonds is 3. The van der Waals surface area contributed by atoms with E-state index in [0.717, 1.165) is 12.2 Å². The standard InChI is InChI=1S/C13H19N3S/c14-13(16-12-4-2-1-3-5-12)15-10-11-6-8-17-9-7-11/h1-5,11H,6-10H2,(H3,14,15,16). The van der Waals surface area contributed by atoms with Gasteiger partial charge in [-0.15, -0.1) is 0 Å². The van der Waals surface area contributed by atoms with Crippen LogP contribution in [-0.4, -0.2) is 24.0 Å². The molecule has 92 valence electrons. The van der Waals surface area contributed by atoms with Gasteiger partial charge in [0.2, 0.25) is 0 Å². The lowest BCUT2D eigenvalue weighted by atomic mass is 10.0. The monoisotopic (exact) mass is 249 g/mol.